The highest BCUT2D eigenvalue weighted by atomic mass is 79.9. The molecule has 2 rings (SSSR count). The Morgan fingerprint density at radius 1 is 1.52 bits per heavy atom. The van der Waals surface area contributed by atoms with Crippen LogP contribution in [0.5, 0.6) is 0 Å². The molecule has 1 aliphatic rings. The normalized spacial score (nSPS) is 18.8. The summed E-state index contributed by atoms with van der Waals surface area (Å²) in [5.74, 6) is 1.07. The van der Waals surface area contributed by atoms with Gasteiger partial charge in [0, 0.05) is 36.8 Å². The van der Waals surface area contributed by atoms with Gasteiger partial charge in [-0.3, -0.25) is 4.90 Å². The van der Waals surface area contributed by atoms with Crippen molar-refractivity contribution in [1.82, 2.24) is 9.88 Å². The Labute approximate surface area is 137 Å². The standard InChI is InChI=1S/C13H19BrClN5O/c1-2-11(12(16)18-21)19-3-5-20(6-4-19)13-10(15)7-9(14)8-17-13/h7-8,11,21H,2-6H2,1H3,(H2,16,18). The number of amidine groups is 1. The van der Waals surface area contributed by atoms with Crippen molar-refractivity contribution in [2.75, 3.05) is 31.1 Å². The third-order valence-corrected chi connectivity index (χ3v) is 4.40. The van der Waals surface area contributed by atoms with Crippen LogP contribution in [0.25, 0.3) is 0 Å². The van der Waals surface area contributed by atoms with Crippen LogP contribution in [-0.2, 0) is 0 Å². The van der Waals surface area contributed by atoms with Crippen molar-refractivity contribution in [3.8, 4) is 0 Å². The average Bonchev–Trinajstić information content (AvgIpc) is 2.49. The zero-order chi connectivity index (χ0) is 15.4. The Morgan fingerprint density at radius 3 is 2.71 bits per heavy atom. The largest absolute Gasteiger partial charge is 0.409 e. The second-order valence-corrected chi connectivity index (χ2v) is 6.25. The van der Waals surface area contributed by atoms with Crippen molar-refractivity contribution in [3.05, 3.63) is 21.8 Å². The quantitative estimate of drug-likeness (QED) is 0.364. The molecular formula is C13H19BrClN5O. The zero-order valence-electron chi connectivity index (χ0n) is 11.8. The van der Waals surface area contributed by atoms with E-state index in [2.05, 4.69) is 35.9 Å². The minimum Gasteiger partial charge on any atom is -0.409 e. The molecule has 1 aromatic heterocycles. The molecule has 1 atom stereocenters. The molecule has 21 heavy (non-hydrogen) atoms. The molecule has 0 aliphatic carbocycles. The minimum atomic E-state index is -0.0227. The molecule has 1 aromatic rings. The molecule has 6 nitrogen and oxygen atoms in total. The topological polar surface area (TPSA) is 78.0 Å². The van der Waals surface area contributed by atoms with Crippen molar-refractivity contribution in [3.63, 3.8) is 0 Å². The minimum absolute atomic E-state index is 0.0227. The number of anilines is 1. The van der Waals surface area contributed by atoms with E-state index < -0.39 is 0 Å². The summed E-state index contributed by atoms with van der Waals surface area (Å²) in [6.07, 6.45) is 2.56. The third kappa shape index (κ3) is 3.78. The van der Waals surface area contributed by atoms with Crippen LogP contribution in [0, 0.1) is 0 Å². The number of aromatic nitrogens is 1. The van der Waals surface area contributed by atoms with Gasteiger partial charge < -0.3 is 15.8 Å². The van der Waals surface area contributed by atoms with Gasteiger partial charge in [0.05, 0.1) is 11.1 Å². The van der Waals surface area contributed by atoms with Crippen molar-refractivity contribution < 1.29 is 5.21 Å². The predicted molar refractivity (Wildman–Crippen MR) is 88.2 cm³/mol. The highest BCUT2D eigenvalue weighted by Crippen LogP contribution is 2.27. The summed E-state index contributed by atoms with van der Waals surface area (Å²) in [6.45, 7) is 5.29. The molecular weight excluding hydrogens is 358 g/mol. The molecule has 1 fully saturated rings. The van der Waals surface area contributed by atoms with E-state index in [1.165, 1.54) is 0 Å². The number of hydrogen-bond acceptors (Lipinski definition) is 5. The maximum atomic E-state index is 8.85. The molecule has 0 amide bonds. The monoisotopic (exact) mass is 375 g/mol. The Kier molecular flexibility index (Phi) is 5.66. The second-order valence-electron chi connectivity index (χ2n) is 4.93. The summed E-state index contributed by atoms with van der Waals surface area (Å²) >= 11 is 9.60. The van der Waals surface area contributed by atoms with Crippen LogP contribution in [0.3, 0.4) is 0 Å². The molecule has 1 aliphatic heterocycles. The predicted octanol–water partition coefficient (Wildman–Crippen LogP) is 2.14. The molecule has 0 saturated carbocycles. The van der Waals surface area contributed by atoms with Gasteiger partial charge in [0.25, 0.3) is 0 Å². The van der Waals surface area contributed by atoms with Crippen LogP contribution in [0.4, 0.5) is 5.82 Å². The molecule has 2 heterocycles. The van der Waals surface area contributed by atoms with Gasteiger partial charge in [0.15, 0.2) is 5.84 Å². The molecule has 8 heteroatoms. The summed E-state index contributed by atoms with van der Waals surface area (Å²) in [7, 11) is 0. The van der Waals surface area contributed by atoms with E-state index in [1.807, 2.05) is 13.0 Å². The Balaban J connectivity index is 2.03. The third-order valence-electron chi connectivity index (χ3n) is 3.69. The van der Waals surface area contributed by atoms with Crippen LogP contribution in [-0.4, -0.2) is 53.1 Å². The number of halogens is 2. The molecule has 0 spiro atoms. The fourth-order valence-corrected chi connectivity index (χ4v) is 3.36. The van der Waals surface area contributed by atoms with Crippen molar-refractivity contribution >= 4 is 39.2 Å². The number of pyridine rings is 1. The number of hydrogen-bond donors (Lipinski definition) is 2. The molecule has 3 N–H and O–H groups in total. The van der Waals surface area contributed by atoms with Crippen LogP contribution in [0.15, 0.2) is 21.9 Å². The fourth-order valence-electron chi connectivity index (χ4n) is 2.61. The van der Waals surface area contributed by atoms with Crippen molar-refractivity contribution in [2.24, 2.45) is 10.9 Å². The van der Waals surface area contributed by atoms with E-state index in [0.717, 1.165) is 42.9 Å². The van der Waals surface area contributed by atoms with E-state index >= 15 is 0 Å². The maximum absolute atomic E-state index is 8.85. The molecule has 1 saturated heterocycles. The van der Waals surface area contributed by atoms with E-state index in [9.17, 15) is 0 Å². The van der Waals surface area contributed by atoms with E-state index in [1.54, 1.807) is 6.20 Å². The lowest BCUT2D eigenvalue weighted by Gasteiger charge is -2.39. The maximum Gasteiger partial charge on any atom is 0.156 e. The highest BCUT2D eigenvalue weighted by molar-refractivity contribution is 9.10. The van der Waals surface area contributed by atoms with Gasteiger partial charge in [-0.2, -0.15) is 0 Å². The van der Waals surface area contributed by atoms with E-state index in [4.69, 9.17) is 22.5 Å². The first-order chi connectivity index (χ1) is 10.1. The summed E-state index contributed by atoms with van der Waals surface area (Å²) in [5.41, 5.74) is 5.75. The van der Waals surface area contributed by atoms with Gasteiger partial charge in [-0.05, 0) is 28.4 Å². The smallest absolute Gasteiger partial charge is 0.156 e. The SMILES string of the molecule is CCC(C(N)=NO)N1CCN(c2ncc(Br)cc2Cl)CC1. The van der Waals surface area contributed by atoms with Gasteiger partial charge in [0.1, 0.15) is 5.82 Å². The second kappa shape index (κ2) is 7.29. The molecule has 0 radical (unpaired) electrons. The Bertz CT molecular complexity index is 519. The molecule has 0 aromatic carbocycles. The lowest BCUT2D eigenvalue weighted by molar-refractivity contribution is 0.215. The lowest BCUT2D eigenvalue weighted by atomic mass is 10.1. The summed E-state index contributed by atoms with van der Waals surface area (Å²) in [6, 6.07) is 1.83. The molecule has 0 bridgehead atoms. The Morgan fingerprint density at radius 2 is 2.19 bits per heavy atom. The number of piperazine rings is 1. The van der Waals surface area contributed by atoms with Crippen LogP contribution in [0.2, 0.25) is 5.02 Å². The van der Waals surface area contributed by atoms with Gasteiger partial charge in [0.2, 0.25) is 0 Å². The number of nitrogens with zero attached hydrogens (tertiary/aromatic N) is 4. The van der Waals surface area contributed by atoms with Crippen LogP contribution >= 0.6 is 27.5 Å². The van der Waals surface area contributed by atoms with E-state index in [-0.39, 0.29) is 11.9 Å². The van der Waals surface area contributed by atoms with Gasteiger partial charge in [-0.25, -0.2) is 4.98 Å². The average molecular weight is 377 g/mol. The molecule has 116 valence electrons. The van der Waals surface area contributed by atoms with Crippen molar-refractivity contribution in [1.29, 1.82) is 0 Å². The fraction of sp³-hybridized carbons (Fsp3) is 0.538. The zero-order valence-corrected chi connectivity index (χ0v) is 14.2. The molecule has 1 unspecified atom stereocenters. The van der Waals surface area contributed by atoms with Gasteiger partial charge in [-0.15, -0.1) is 0 Å². The van der Waals surface area contributed by atoms with Gasteiger partial charge in [-0.1, -0.05) is 23.7 Å². The summed E-state index contributed by atoms with van der Waals surface area (Å²) in [5, 5.41) is 12.6. The highest BCUT2D eigenvalue weighted by Gasteiger charge is 2.26. The summed E-state index contributed by atoms with van der Waals surface area (Å²) in [4.78, 5) is 8.76. The van der Waals surface area contributed by atoms with E-state index in [0.29, 0.717) is 5.02 Å². The lowest BCUT2D eigenvalue weighted by Crippen LogP contribution is -2.54. The van der Waals surface area contributed by atoms with Crippen LogP contribution in [0.1, 0.15) is 13.3 Å². The van der Waals surface area contributed by atoms with Crippen molar-refractivity contribution in [2.45, 2.75) is 19.4 Å². The first kappa shape index (κ1) is 16.3. The van der Waals surface area contributed by atoms with Gasteiger partial charge >= 0.3 is 0 Å². The number of oxime groups is 1. The number of nitrogens with two attached hydrogens (primary N) is 1. The first-order valence-electron chi connectivity index (χ1n) is 6.84. The van der Waals surface area contributed by atoms with Crippen LogP contribution < -0.4 is 10.6 Å². The number of rotatable bonds is 4. The Hall–Kier alpha value is -1.05. The summed E-state index contributed by atoms with van der Waals surface area (Å²) < 4.78 is 0.868. The first-order valence-corrected chi connectivity index (χ1v) is 8.01.